The van der Waals surface area contributed by atoms with Gasteiger partial charge in [-0.15, -0.1) is 24.0 Å². The molecular formula is C17H24IN5S. The molecule has 1 aliphatic rings. The van der Waals surface area contributed by atoms with Gasteiger partial charge in [0.25, 0.3) is 0 Å². The first-order chi connectivity index (χ1) is 11.3. The standard InChI is InChI=1S/C17H23N5S.HI/c1-18-17(21-12-16-6-3-9-23-16)20-11-14-4-2-5-15(10-14)22-8-7-19-13-22;/h2,4-5,7-8,10,13,16H,3,6,9,11-12H2,1H3,(H2,18,20,21);1H. The number of hydrogen-bond donors (Lipinski definition) is 2. The molecule has 2 aromatic rings. The third kappa shape index (κ3) is 5.41. The van der Waals surface area contributed by atoms with E-state index >= 15 is 0 Å². The van der Waals surface area contributed by atoms with Gasteiger partial charge in [0.05, 0.1) is 6.33 Å². The number of aliphatic imine (C=N–C) groups is 1. The zero-order valence-corrected chi connectivity index (χ0v) is 17.0. The van der Waals surface area contributed by atoms with Gasteiger partial charge in [0.2, 0.25) is 0 Å². The van der Waals surface area contributed by atoms with Crippen LogP contribution in [0.2, 0.25) is 0 Å². The number of imidazole rings is 1. The van der Waals surface area contributed by atoms with Crippen molar-refractivity contribution in [2.75, 3.05) is 19.3 Å². The summed E-state index contributed by atoms with van der Waals surface area (Å²) < 4.78 is 2.01. The zero-order valence-electron chi connectivity index (χ0n) is 13.8. The molecule has 0 saturated carbocycles. The Bertz CT molecular complexity index is 638. The van der Waals surface area contributed by atoms with Crippen molar-refractivity contribution in [3.05, 3.63) is 48.5 Å². The summed E-state index contributed by atoms with van der Waals surface area (Å²) in [5, 5.41) is 7.53. The van der Waals surface area contributed by atoms with Gasteiger partial charge in [-0.05, 0) is 36.3 Å². The highest BCUT2D eigenvalue weighted by molar-refractivity contribution is 14.0. The van der Waals surface area contributed by atoms with E-state index in [9.17, 15) is 0 Å². The largest absolute Gasteiger partial charge is 0.355 e. The molecule has 1 aromatic carbocycles. The third-order valence-corrected chi connectivity index (χ3v) is 5.32. The van der Waals surface area contributed by atoms with Crippen LogP contribution in [0.1, 0.15) is 18.4 Å². The predicted molar refractivity (Wildman–Crippen MR) is 113 cm³/mol. The van der Waals surface area contributed by atoms with Crippen molar-refractivity contribution >= 4 is 41.7 Å². The molecule has 1 aliphatic heterocycles. The number of nitrogens with zero attached hydrogens (tertiary/aromatic N) is 3. The molecule has 0 spiro atoms. The van der Waals surface area contributed by atoms with E-state index in [1.165, 1.54) is 24.2 Å². The second-order valence-corrected chi connectivity index (χ2v) is 6.99. The van der Waals surface area contributed by atoms with Gasteiger partial charge in [0.15, 0.2) is 5.96 Å². The molecule has 0 aliphatic carbocycles. The molecule has 24 heavy (non-hydrogen) atoms. The maximum atomic E-state index is 4.31. The fourth-order valence-electron chi connectivity index (χ4n) is 2.66. The monoisotopic (exact) mass is 457 g/mol. The molecule has 5 nitrogen and oxygen atoms in total. The summed E-state index contributed by atoms with van der Waals surface area (Å²) in [4.78, 5) is 8.40. The molecule has 3 rings (SSSR count). The van der Waals surface area contributed by atoms with Crippen LogP contribution in [0.4, 0.5) is 0 Å². The van der Waals surface area contributed by atoms with Crippen LogP contribution in [0, 0.1) is 0 Å². The van der Waals surface area contributed by atoms with Crippen LogP contribution in [-0.2, 0) is 6.54 Å². The van der Waals surface area contributed by atoms with Crippen LogP contribution >= 0.6 is 35.7 Å². The van der Waals surface area contributed by atoms with E-state index < -0.39 is 0 Å². The summed E-state index contributed by atoms with van der Waals surface area (Å²) in [6.45, 7) is 1.74. The summed E-state index contributed by atoms with van der Waals surface area (Å²) in [6, 6.07) is 8.43. The van der Waals surface area contributed by atoms with Gasteiger partial charge < -0.3 is 15.2 Å². The Balaban J connectivity index is 0.00000208. The second kappa shape index (κ2) is 9.93. The highest BCUT2D eigenvalue weighted by Gasteiger charge is 2.15. The topological polar surface area (TPSA) is 54.2 Å². The van der Waals surface area contributed by atoms with Crippen molar-refractivity contribution in [2.24, 2.45) is 4.99 Å². The molecule has 130 valence electrons. The van der Waals surface area contributed by atoms with Gasteiger partial charge >= 0.3 is 0 Å². The summed E-state index contributed by atoms with van der Waals surface area (Å²) in [5.74, 6) is 2.16. The number of benzene rings is 1. The predicted octanol–water partition coefficient (Wildman–Crippen LogP) is 3.05. The van der Waals surface area contributed by atoms with Crippen LogP contribution in [0.15, 0.2) is 48.0 Å². The number of rotatable bonds is 5. The van der Waals surface area contributed by atoms with E-state index in [2.05, 4.69) is 56.6 Å². The molecular weight excluding hydrogens is 433 g/mol. The summed E-state index contributed by atoms with van der Waals surface area (Å²) in [6.07, 6.45) is 8.20. The SMILES string of the molecule is CN=C(NCc1cccc(-n2ccnc2)c1)NCC1CCCS1.I. The Morgan fingerprint density at radius 2 is 2.33 bits per heavy atom. The van der Waals surface area contributed by atoms with Gasteiger partial charge in [-0.1, -0.05) is 12.1 Å². The van der Waals surface area contributed by atoms with Crippen LogP contribution in [0.3, 0.4) is 0 Å². The smallest absolute Gasteiger partial charge is 0.191 e. The van der Waals surface area contributed by atoms with Gasteiger partial charge in [-0.25, -0.2) is 4.98 Å². The van der Waals surface area contributed by atoms with E-state index in [0.29, 0.717) is 0 Å². The van der Waals surface area contributed by atoms with Crippen LogP contribution in [-0.4, -0.2) is 40.1 Å². The molecule has 2 N–H and O–H groups in total. The highest BCUT2D eigenvalue weighted by Crippen LogP contribution is 2.25. The average Bonchev–Trinajstić information content (AvgIpc) is 3.29. The van der Waals surface area contributed by atoms with Gasteiger partial charge in [-0.3, -0.25) is 4.99 Å². The van der Waals surface area contributed by atoms with Crippen LogP contribution < -0.4 is 10.6 Å². The Hall–Kier alpha value is -1.22. The van der Waals surface area contributed by atoms with E-state index in [-0.39, 0.29) is 24.0 Å². The molecule has 1 unspecified atom stereocenters. The van der Waals surface area contributed by atoms with Crippen molar-refractivity contribution in [2.45, 2.75) is 24.6 Å². The minimum absolute atomic E-state index is 0. The van der Waals surface area contributed by atoms with Crippen molar-refractivity contribution < 1.29 is 0 Å². The quantitative estimate of drug-likeness (QED) is 0.412. The number of aromatic nitrogens is 2. The van der Waals surface area contributed by atoms with E-state index in [1.54, 1.807) is 6.20 Å². The number of hydrogen-bond acceptors (Lipinski definition) is 3. The number of nitrogens with one attached hydrogen (secondary N) is 2. The number of halogens is 1. The summed E-state index contributed by atoms with van der Waals surface area (Å²) in [5.41, 5.74) is 2.33. The van der Waals surface area contributed by atoms with Crippen LogP contribution in [0.5, 0.6) is 0 Å². The molecule has 1 aromatic heterocycles. The first-order valence-corrected chi connectivity index (χ1v) is 9.03. The molecule has 2 heterocycles. The molecule has 0 amide bonds. The first-order valence-electron chi connectivity index (χ1n) is 7.98. The summed E-state index contributed by atoms with van der Waals surface area (Å²) >= 11 is 2.06. The Morgan fingerprint density at radius 1 is 1.42 bits per heavy atom. The molecule has 1 atom stereocenters. The molecule has 1 saturated heterocycles. The maximum Gasteiger partial charge on any atom is 0.191 e. The number of thioether (sulfide) groups is 1. The van der Waals surface area contributed by atoms with E-state index in [1.807, 2.05) is 24.1 Å². The maximum absolute atomic E-state index is 4.31. The highest BCUT2D eigenvalue weighted by atomic mass is 127. The first kappa shape index (κ1) is 19.1. The van der Waals surface area contributed by atoms with Crippen LogP contribution in [0.25, 0.3) is 5.69 Å². The molecule has 1 fully saturated rings. The number of guanidine groups is 1. The average molecular weight is 457 g/mol. The van der Waals surface area contributed by atoms with Crippen molar-refractivity contribution in [1.82, 2.24) is 20.2 Å². The fourth-order valence-corrected chi connectivity index (χ4v) is 3.86. The molecule has 7 heteroatoms. The van der Waals surface area contributed by atoms with Gasteiger partial charge in [0, 0.05) is 43.5 Å². The zero-order chi connectivity index (χ0) is 15.9. The lowest BCUT2D eigenvalue weighted by Crippen LogP contribution is -2.39. The lowest BCUT2D eigenvalue weighted by molar-refractivity contribution is 0.726. The Morgan fingerprint density at radius 3 is 3.04 bits per heavy atom. The lowest BCUT2D eigenvalue weighted by Gasteiger charge is -2.15. The second-order valence-electron chi connectivity index (χ2n) is 5.58. The Labute approximate surface area is 164 Å². The van der Waals surface area contributed by atoms with Crippen molar-refractivity contribution in [3.63, 3.8) is 0 Å². The minimum Gasteiger partial charge on any atom is -0.355 e. The van der Waals surface area contributed by atoms with E-state index in [4.69, 9.17) is 0 Å². The normalized spacial score (nSPS) is 17.4. The van der Waals surface area contributed by atoms with Crippen molar-refractivity contribution in [3.8, 4) is 5.69 Å². The van der Waals surface area contributed by atoms with E-state index in [0.717, 1.165) is 30.0 Å². The lowest BCUT2D eigenvalue weighted by atomic mass is 10.2. The minimum atomic E-state index is 0. The van der Waals surface area contributed by atoms with Gasteiger partial charge in [0.1, 0.15) is 0 Å². The molecule has 0 bridgehead atoms. The van der Waals surface area contributed by atoms with Gasteiger partial charge in [-0.2, -0.15) is 11.8 Å². The molecule has 0 radical (unpaired) electrons. The van der Waals surface area contributed by atoms with Crippen molar-refractivity contribution in [1.29, 1.82) is 0 Å². The summed E-state index contributed by atoms with van der Waals surface area (Å²) in [7, 11) is 1.82. The third-order valence-electron chi connectivity index (χ3n) is 3.92. The Kier molecular flexibility index (Phi) is 7.90. The fraction of sp³-hybridized carbons (Fsp3) is 0.412.